The van der Waals surface area contributed by atoms with Crippen LogP contribution >= 0.6 is 0 Å². The fraction of sp³-hybridized carbons (Fsp3) is 0.486. The van der Waals surface area contributed by atoms with E-state index >= 15 is 0 Å². The molecule has 11 nitrogen and oxygen atoms in total. The van der Waals surface area contributed by atoms with Crippen molar-refractivity contribution in [1.29, 1.82) is 0 Å². The Morgan fingerprint density at radius 3 is 2.20 bits per heavy atom. The van der Waals surface area contributed by atoms with Gasteiger partial charge in [-0.25, -0.2) is 22.9 Å². The molecule has 1 aromatic heterocycles. The van der Waals surface area contributed by atoms with Crippen molar-refractivity contribution in [2.24, 2.45) is 11.8 Å². The maximum absolute atomic E-state index is 13.4. The number of ether oxygens (including phenoxy) is 1. The van der Waals surface area contributed by atoms with Crippen LogP contribution in [0.5, 0.6) is 0 Å². The Morgan fingerprint density at radius 1 is 0.816 bits per heavy atom. The lowest BCUT2D eigenvalue weighted by Gasteiger charge is -2.29. The predicted octanol–water partition coefficient (Wildman–Crippen LogP) is 6.76. The minimum absolute atomic E-state index is 0.297. The first-order valence-corrected chi connectivity index (χ1v) is 18.8. The minimum atomic E-state index is -3.66. The lowest BCUT2D eigenvalue weighted by atomic mass is 9.82. The van der Waals surface area contributed by atoms with E-state index in [4.69, 9.17) is 14.7 Å². The van der Waals surface area contributed by atoms with Crippen molar-refractivity contribution < 1.29 is 17.9 Å². The number of rotatable bonds is 14. The Bertz CT molecular complexity index is 1830. The van der Waals surface area contributed by atoms with Gasteiger partial charge in [-0.3, -0.25) is 0 Å². The second kappa shape index (κ2) is 16.0. The van der Waals surface area contributed by atoms with Gasteiger partial charge in [0, 0.05) is 62.1 Å². The number of nitrogens with one attached hydrogen (secondary N) is 4. The first kappa shape index (κ1) is 36.1. The number of hydrogen-bond acceptors (Lipinski definition) is 9. The van der Waals surface area contributed by atoms with E-state index in [1.165, 1.54) is 0 Å². The van der Waals surface area contributed by atoms with Gasteiger partial charge in [-0.2, -0.15) is 4.98 Å². The molecule has 0 aliphatic heterocycles. The molecule has 4 aromatic rings. The summed E-state index contributed by atoms with van der Waals surface area (Å²) in [5, 5.41) is 12.4. The van der Waals surface area contributed by atoms with E-state index in [9.17, 15) is 13.2 Å². The number of fused-ring (bicyclic) bond motifs is 2. The molecular weight excluding hydrogens is 639 g/mol. The van der Waals surface area contributed by atoms with Gasteiger partial charge >= 0.3 is 6.09 Å². The Labute approximate surface area is 290 Å². The van der Waals surface area contributed by atoms with Gasteiger partial charge in [0.2, 0.25) is 16.0 Å². The number of nitrogens with zero attached hydrogens (tertiary/aromatic N) is 3. The lowest BCUT2D eigenvalue weighted by molar-refractivity contribution is 0.0527. The smallest absolute Gasteiger partial charge is 0.407 e. The molecule has 0 spiro atoms. The summed E-state index contributed by atoms with van der Waals surface area (Å²) in [6.07, 6.45) is 5.21. The van der Waals surface area contributed by atoms with Crippen LogP contribution in [-0.4, -0.2) is 70.4 Å². The standard InChI is InChI=1S/C37H51N7O4S/c1-37(2,3)48-36(45)39-23-9-8-22-38-34-30-12-6-7-15-31(30)42-35(43-34)40-24-26-18-20-27(21-19-26)25-41-49(46,47)33-17-11-13-28-29(33)14-10-16-32(28)44(4)5/h6-7,10-17,26-27,41H,8-9,18-25H2,1-5H3,(H,39,45)(H2,38,40,42,43)/t26-,27-. The first-order chi connectivity index (χ1) is 23.4. The molecule has 0 atom stereocenters. The molecule has 4 N–H and O–H groups in total. The van der Waals surface area contributed by atoms with Crippen molar-refractivity contribution in [3.8, 4) is 0 Å². The molecule has 0 saturated heterocycles. The molecule has 0 radical (unpaired) electrons. The fourth-order valence-electron chi connectivity index (χ4n) is 6.32. The van der Waals surface area contributed by atoms with Crippen LogP contribution in [-0.2, 0) is 14.8 Å². The van der Waals surface area contributed by atoms with Crippen LogP contribution in [0.4, 0.5) is 22.2 Å². The number of alkyl carbamates (subject to hydrolysis) is 1. The molecule has 0 bridgehead atoms. The van der Waals surface area contributed by atoms with E-state index in [1.54, 1.807) is 6.07 Å². The molecule has 264 valence electrons. The van der Waals surface area contributed by atoms with Crippen molar-refractivity contribution in [2.75, 3.05) is 55.8 Å². The number of sulfonamides is 1. The summed E-state index contributed by atoms with van der Waals surface area (Å²) in [6, 6.07) is 19.2. The van der Waals surface area contributed by atoms with Crippen LogP contribution in [0.15, 0.2) is 65.6 Å². The summed E-state index contributed by atoms with van der Waals surface area (Å²) in [4.78, 5) is 23.8. The number of carbonyl (C=O) groups excluding carboxylic acids is 1. The van der Waals surface area contributed by atoms with Crippen molar-refractivity contribution in [1.82, 2.24) is 20.0 Å². The minimum Gasteiger partial charge on any atom is -0.444 e. The Morgan fingerprint density at radius 2 is 1.47 bits per heavy atom. The van der Waals surface area contributed by atoms with Gasteiger partial charge in [0.25, 0.3) is 0 Å². The third-order valence-corrected chi connectivity index (χ3v) is 10.4. The molecule has 12 heteroatoms. The van der Waals surface area contributed by atoms with Crippen molar-refractivity contribution in [3.63, 3.8) is 0 Å². The zero-order valence-electron chi connectivity index (χ0n) is 29.4. The lowest BCUT2D eigenvalue weighted by Crippen LogP contribution is -2.33. The van der Waals surface area contributed by atoms with E-state index < -0.39 is 21.7 Å². The number of benzene rings is 3. The molecule has 1 fully saturated rings. The van der Waals surface area contributed by atoms with E-state index in [2.05, 4.69) is 20.7 Å². The molecule has 1 aliphatic carbocycles. The zero-order chi connectivity index (χ0) is 35.0. The van der Waals surface area contributed by atoms with Gasteiger partial charge in [-0.15, -0.1) is 0 Å². The van der Waals surface area contributed by atoms with Gasteiger partial charge in [0.05, 0.1) is 10.4 Å². The molecule has 1 saturated carbocycles. The van der Waals surface area contributed by atoms with E-state index in [0.717, 1.165) is 78.3 Å². The molecule has 5 rings (SSSR count). The van der Waals surface area contributed by atoms with E-state index in [0.29, 0.717) is 42.3 Å². The molecule has 49 heavy (non-hydrogen) atoms. The number of para-hydroxylation sites is 1. The Kier molecular flexibility index (Phi) is 11.8. The van der Waals surface area contributed by atoms with Crippen LogP contribution in [0.25, 0.3) is 21.7 Å². The fourth-order valence-corrected chi connectivity index (χ4v) is 7.66. The number of aromatic nitrogens is 2. The third-order valence-electron chi connectivity index (χ3n) is 8.88. The summed E-state index contributed by atoms with van der Waals surface area (Å²) in [5.41, 5.74) is 1.35. The topological polar surface area (TPSA) is 138 Å². The average Bonchev–Trinajstić information content (AvgIpc) is 3.07. The van der Waals surface area contributed by atoms with Crippen LogP contribution in [0.1, 0.15) is 59.3 Å². The predicted molar refractivity (Wildman–Crippen MR) is 199 cm³/mol. The maximum atomic E-state index is 13.4. The largest absolute Gasteiger partial charge is 0.444 e. The molecule has 1 amide bonds. The SMILES string of the molecule is CN(C)c1cccc2c(S(=O)(=O)NC[C@H]3CC[C@H](CNc4nc(NCCCCNC(=O)OC(C)(C)C)c5ccccc5n4)CC3)cccc12. The van der Waals surface area contributed by atoms with Crippen molar-refractivity contribution in [3.05, 3.63) is 60.7 Å². The second-order valence-corrected chi connectivity index (χ2v) is 15.9. The summed E-state index contributed by atoms with van der Waals surface area (Å²) in [5.74, 6) is 2.13. The molecular formula is C37H51N7O4S. The normalized spacial score (nSPS) is 16.8. The van der Waals surface area contributed by atoms with E-state index in [-0.39, 0.29) is 0 Å². The van der Waals surface area contributed by atoms with Crippen LogP contribution < -0.4 is 25.6 Å². The highest BCUT2D eigenvalue weighted by Crippen LogP contribution is 2.32. The van der Waals surface area contributed by atoms with Gasteiger partial charge in [0.15, 0.2) is 0 Å². The molecule has 3 aromatic carbocycles. The average molecular weight is 690 g/mol. The number of unbranched alkanes of at least 4 members (excludes halogenated alkanes) is 1. The monoisotopic (exact) mass is 689 g/mol. The highest BCUT2D eigenvalue weighted by molar-refractivity contribution is 7.89. The summed E-state index contributed by atoms with van der Waals surface area (Å²) in [7, 11) is 0.268. The van der Waals surface area contributed by atoms with Gasteiger partial charge in [-0.05, 0) is 95.4 Å². The third kappa shape index (κ3) is 9.95. The molecule has 1 aliphatic rings. The summed E-state index contributed by atoms with van der Waals surface area (Å²) >= 11 is 0. The number of hydrogen-bond donors (Lipinski definition) is 4. The van der Waals surface area contributed by atoms with E-state index in [1.807, 2.05) is 94.4 Å². The Hall–Kier alpha value is -4.16. The maximum Gasteiger partial charge on any atom is 0.407 e. The van der Waals surface area contributed by atoms with Gasteiger partial charge < -0.3 is 25.6 Å². The van der Waals surface area contributed by atoms with Gasteiger partial charge in [-0.1, -0.05) is 36.4 Å². The second-order valence-electron chi connectivity index (χ2n) is 14.1. The first-order valence-electron chi connectivity index (χ1n) is 17.3. The number of carbonyl (C=O) groups is 1. The van der Waals surface area contributed by atoms with Gasteiger partial charge in [0.1, 0.15) is 11.4 Å². The van der Waals surface area contributed by atoms with Crippen LogP contribution in [0.2, 0.25) is 0 Å². The van der Waals surface area contributed by atoms with Crippen LogP contribution in [0, 0.1) is 11.8 Å². The van der Waals surface area contributed by atoms with Crippen molar-refractivity contribution in [2.45, 2.75) is 69.8 Å². The summed E-state index contributed by atoms with van der Waals surface area (Å²) < 4.78 is 35.0. The van der Waals surface area contributed by atoms with Crippen molar-refractivity contribution >= 4 is 55.2 Å². The highest BCUT2D eigenvalue weighted by Gasteiger charge is 2.25. The quantitative estimate of drug-likeness (QED) is 0.106. The molecule has 1 heterocycles. The zero-order valence-corrected chi connectivity index (χ0v) is 30.2. The number of anilines is 3. The Balaban J connectivity index is 1.09. The molecule has 0 unspecified atom stereocenters. The summed E-state index contributed by atoms with van der Waals surface area (Å²) in [6.45, 7) is 8.00. The highest BCUT2D eigenvalue weighted by atomic mass is 32.2. The number of amides is 1. The van der Waals surface area contributed by atoms with Crippen LogP contribution in [0.3, 0.4) is 0 Å².